The lowest BCUT2D eigenvalue weighted by Crippen LogP contribution is -2.42. The molecule has 198 valence electrons. The Hall–Kier alpha value is -3.01. The van der Waals surface area contributed by atoms with Crippen LogP contribution < -0.4 is 10.1 Å². The minimum absolute atomic E-state index is 0.0197. The molecular weight excluding hydrogens is 490 g/mol. The molecule has 0 saturated carbocycles. The molecule has 1 aliphatic rings. The van der Waals surface area contributed by atoms with Gasteiger partial charge in [0.15, 0.2) is 0 Å². The number of carboxylic acid groups (broad SMARTS) is 1. The zero-order valence-corrected chi connectivity index (χ0v) is 22.4. The third-order valence-corrected chi connectivity index (χ3v) is 7.47. The number of nitrogens with zero attached hydrogens (tertiary/aromatic N) is 1. The highest BCUT2D eigenvalue weighted by atomic mass is 32.1. The molecule has 0 aliphatic carbocycles. The van der Waals surface area contributed by atoms with Crippen molar-refractivity contribution in [1.82, 2.24) is 15.2 Å². The molecule has 4 rings (SSSR count). The Morgan fingerprint density at radius 1 is 1.27 bits per heavy atom. The van der Waals surface area contributed by atoms with Crippen LogP contribution in [0.2, 0.25) is 0 Å². The Bertz CT molecular complexity index is 1240. The number of fused-ring (bicyclic) bond motifs is 1. The average molecular weight is 526 g/mol. The summed E-state index contributed by atoms with van der Waals surface area (Å²) in [7, 11) is 1.71. The molecule has 3 atom stereocenters. The Labute approximate surface area is 222 Å². The van der Waals surface area contributed by atoms with Crippen LogP contribution >= 0.6 is 12.6 Å². The summed E-state index contributed by atoms with van der Waals surface area (Å²) < 4.78 is 11.8. The molecule has 1 aromatic heterocycles. The number of carboxylic acids is 1. The lowest BCUT2D eigenvalue weighted by Gasteiger charge is -2.40. The largest absolute Gasteiger partial charge is 0.496 e. The molecule has 0 radical (unpaired) electrons. The monoisotopic (exact) mass is 525 g/mol. The predicted octanol–water partition coefficient (Wildman–Crippen LogP) is 4.34. The predicted molar refractivity (Wildman–Crippen MR) is 147 cm³/mol. The number of aromatic nitrogens is 1. The number of H-pyrrole nitrogens is 1. The van der Waals surface area contributed by atoms with Gasteiger partial charge >= 0.3 is 5.97 Å². The third kappa shape index (κ3) is 5.95. The van der Waals surface area contributed by atoms with Crippen LogP contribution in [0.15, 0.2) is 42.6 Å². The summed E-state index contributed by atoms with van der Waals surface area (Å²) in [6, 6.07) is 10.6. The van der Waals surface area contributed by atoms with Gasteiger partial charge in [-0.15, -0.1) is 0 Å². The van der Waals surface area contributed by atoms with Crippen molar-refractivity contribution >= 4 is 35.4 Å². The molecule has 2 aromatic carbocycles. The van der Waals surface area contributed by atoms with Crippen LogP contribution in [-0.4, -0.2) is 65.0 Å². The van der Waals surface area contributed by atoms with E-state index in [4.69, 9.17) is 9.47 Å². The zero-order chi connectivity index (χ0) is 26.5. The van der Waals surface area contributed by atoms with Gasteiger partial charge in [0.1, 0.15) is 11.8 Å². The van der Waals surface area contributed by atoms with Crippen molar-refractivity contribution in [3.05, 3.63) is 64.8 Å². The standard InChI is InChI=1S/C28H35N3O5S/c1-4-36-20-10-12-31(15-22-21-9-11-29-26(21)17(2)13-25(22)35-3)24(14-20)18-5-7-19(8-6-18)27(32)30-23(16-37)28(33)34/h5-9,11,13,20,23-24,29,37H,4,10,12,14-16H2,1-3H3,(H,30,32)(H,33,34)/t20-,23+,24+/m1/s1. The van der Waals surface area contributed by atoms with E-state index < -0.39 is 17.9 Å². The van der Waals surface area contributed by atoms with Gasteiger partial charge in [0.25, 0.3) is 5.91 Å². The van der Waals surface area contributed by atoms with E-state index in [2.05, 4.69) is 46.9 Å². The van der Waals surface area contributed by atoms with E-state index >= 15 is 0 Å². The summed E-state index contributed by atoms with van der Waals surface area (Å²) in [4.78, 5) is 29.7. The summed E-state index contributed by atoms with van der Waals surface area (Å²) in [5.74, 6) is -0.645. The minimum atomic E-state index is -1.11. The number of thiol groups is 1. The molecule has 3 N–H and O–H groups in total. The number of aliphatic carboxylic acids is 1. The number of carbonyl (C=O) groups is 2. The van der Waals surface area contributed by atoms with Crippen molar-refractivity contribution < 1.29 is 24.2 Å². The van der Waals surface area contributed by atoms with E-state index in [1.165, 1.54) is 0 Å². The lowest BCUT2D eigenvalue weighted by molar-refractivity contribution is -0.138. The summed E-state index contributed by atoms with van der Waals surface area (Å²) in [5, 5.41) is 12.9. The van der Waals surface area contributed by atoms with Crippen LogP contribution in [0.3, 0.4) is 0 Å². The number of ether oxygens (including phenoxy) is 2. The van der Waals surface area contributed by atoms with Gasteiger partial charge in [-0.05, 0) is 62.1 Å². The summed E-state index contributed by atoms with van der Waals surface area (Å²) in [6.45, 7) is 6.34. The van der Waals surface area contributed by atoms with Crippen LogP contribution in [0, 0.1) is 6.92 Å². The lowest BCUT2D eigenvalue weighted by atomic mass is 9.91. The molecule has 1 saturated heterocycles. The molecule has 1 fully saturated rings. The number of aromatic amines is 1. The Morgan fingerprint density at radius 2 is 2.03 bits per heavy atom. The van der Waals surface area contributed by atoms with E-state index in [1.54, 1.807) is 19.2 Å². The Morgan fingerprint density at radius 3 is 2.68 bits per heavy atom. The number of hydrogen-bond acceptors (Lipinski definition) is 6. The Kier molecular flexibility index (Phi) is 8.79. The average Bonchev–Trinajstić information content (AvgIpc) is 3.40. The van der Waals surface area contributed by atoms with E-state index in [1.807, 2.05) is 25.3 Å². The van der Waals surface area contributed by atoms with Crippen molar-refractivity contribution in [3.8, 4) is 5.75 Å². The van der Waals surface area contributed by atoms with Gasteiger partial charge in [0.2, 0.25) is 0 Å². The maximum atomic E-state index is 12.6. The summed E-state index contributed by atoms with van der Waals surface area (Å²) in [6.07, 6.45) is 3.90. The van der Waals surface area contributed by atoms with Gasteiger partial charge in [-0.1, -0.05) is 12.1 Å². The topological polar surface area (TPSA) is 104 Å². The molecule has 0 spiro atoms. The summed E-state index contributed by atoms with van der Waals surface area (Å²) >= 11 is 4.02. The fourth-order valence-corrected chi connectivity index (χ4v) is 5.42. The van der Waals surface area contributed by atoms with Gasteiger partial charge in [-0.3, -0.25) is 9.69 Å². The number of hydrogen-bond donors (Lipinski definition) is 4. The first-order valence-corrected chi connectivity index (χ1v) is 13.2. The maximum Gasteiger partial charge on any atom is 0.327 e. The second-order valence-corrected chi connectivity index (χ2v) is 9.76. The number of aryl methyl sites for hydroxylation is 1. The molecule has 0 bridgehead atoms. The molecule has 37 heavy (non-hydrogen) atoms. The first-order chi connectivity index (χ1) is 17.9. The number of methoxy groups -OCH3 is 1. The highest BCUT2D eigenvalue weighted by molar-refractivity contribution is 7.80. The highest BCUT2D eigenvalue weighted by Crippen LogP contribution is 2.38. The van der Waals surface area contributed by atoms with Gasteiger partial charge < -0.3 is 24.9 Å². The number of carbonyl (C=O) groups excluding carboxylic acids is 1. The minimum Gasteiger partial charge on any atom is -0.496 e. The number of amides is 1. The normalized spacial score (nSPS) is 19.0. The highest BCUT2D eigenvalue weighted by Gasteiger charge is 2.31. The second kappa shape index (κ2) is 12.0. The first kappa shape index (κ1) is 27.0. The van der Waals surface area contributed by atoms with E-state index in [-0.39, 0.29) is 17.9 Å². The molecular formula is C28H35N3O5S. The smallest absolute Gasteiger partial charge is 0.327 e. The van der Waals surface area contributed by atoms with Crippen molar-refractivity contribution in [2.75, 3.05) is 26.0 Å². The second-order valence-electron chi connectivity index (χ2n) is 9.40. The SMILES string of the molecule is CCO[C@@H]1CCN(Cc2c(OC)cc(C)c3[nH]ccc23)[C@H](c2ccc(C(=O)N[C@@H](CS)C(=O)O)cc2)C1. The fraction of sp³-hybridized carbons (Fsp3) is 0.429. The molecule has 2 heterocycles. The fourth-order valence-electron chi connectivity index (χ4n) is 5.17. The number of benzene rings is 2. The zero-order valence-electron chi connectivity index (χ0n) is 21.5. The van der Waals surface area contributed by atoms with Crippen LogP contribution in [0.5, 0.6) is 5.75 Å². The molecule has 8 nitrogen and oxygen atoms in total. The van der Waals surface area contributed by atoms with Gasteiger partial charge in [0.05, 0.1) is 13.2 Å². The number of nitrogens with one attached hydrogen (secondary N) is 2. The van der Waals surface area contributed by atoms with E-state index in [9.17, 15) is 14.7 Å². The van der Waals surface area contributed by atoms with Crippen LogP contribution in [0.1, 0.15) is 52.9 Å². The van der Waals surface area contributed by atoms with Crippen LogP contribution in [-0.2, 0) is 16.1 Å². The number of likely N-dealkylation sites (tertiary alicyclic amines) is 1. The number of rotatable bonds is 10. The third-order valence-electron chi connectivity index (χ3n) is 7.10. The summed E-state index contributed by atoms with van der Waals surface area (Å²) in [5.41, 5.74) is 4.90. The molecule has 3 aromatic rings. The maximum absolute atomic E-state index is 12.6. The van der Waals surface area contributed by atoms with Crippen molar-refractivity contribution in [1.29, 1.82) is 0 Å². The van der Waals surface area contributed by atoms with Crippen molar-refractivity contribution in [2.45, 2.75) is 51.4 Å². The van der Waals surface area contributed by atoms with Crippen LogP contribution in [0.4, 0.5) is 0 Å². The van der Waals surface area contributed by atoms with Gasteiger partial charge in [-0.25, -0.2) is 4.79 Å². The first-order valence-electron chi connectivity index (χ1n) is 12.6. The van der Waals surface area contributed by atoms with Crippen molar-refractivity contribution in [2.24, 2.45) is 0 Å². The Balaban J connectivity index is 1.61. The molecule has 0 unspecified atom stereocenters. The quantitative estimate of drug-likeness (QED) is 0.294. The number of piperidine rings is 1. The molecule has 9 heteroatoms. The van der Waals surface area contributed by atoms with Crippen molar-refractivity contribution in [3.63, 3.8) is 0 Å². The molecule has 1 amide bonds. The molecule has 1 aliphatic heterocycles. The van der Waals surface area contributed by atoms with Gasteiger partial charge in [0, 0.05) is 59.7 Å². The van der Waals surface area contributed by atoms with Crippen LogP contribution in [0.25, 0.3) is 10.9 Å². The van der Waals surface area contributed by atoms with E-state index in [0.717, 1.165) is 52.7 Å². The van der Waals surface area contributed by atoms with Gasteiger partial charge in [-0.2, -0.15) is 12.6 Å². The van der Waals surface area contributed by atoms with E-state index in [0.29, 0.717) is 18.7 Å².